The van der Waals surface area contributed by atoms with E-state index in [4.69, 9.17) is 11.6 Å². The molecule has 17 heavy (non-hydrogen) atoms. The lowest BCUT2D eigenvalue weighted by Gasteiger charge is -2.11. The molecule has 3 nitrogen and oxygen atoms in total. The Morgan fingerprint density at radius 3 is 2.82 bits per heavy atom. The number of aromatic nitrogens is 3. The molecule has 0 N–H and O–H groups in total. The Hall–Kier alpha value is -1.35. The first-order valence-corrected chi connectivity index (χ1v) is 6.15. The van der Waals surface area contributed by atoms with Gasteiger partial charge in [-0.05, 0) is 43.9 Å². The van der Waals surface area contributed by atoms with Crippen LogP contribution in [0.5, 0.6) is 0 Å². The first-order chi connectivity index (χ1) is 8.29. The van der Waals surface area contributed by atoms with Crippen LogP contribution >= 0.6 is 11.6 Å². The van der Waals surface area contributed by atoms with E-state index in [1.54, 1.807) is 0 Å². The molecule has 1 aliphatic rings. The van der Waals surface area contributed by atoms with Gasteiger partial charge in [0.2, 0.25) is 0 Å². The first-order valence-electron chi connectivity index (χ1n) is 5.77. The van der Waals surface area contributed by atoms with Crippen LogP contribution in [0.3, 0.4) is 0 Å². The molecule has 1 aromatic carbocycles. The van der Waals surface area contributed by atoms with Gasteiger partial charge in [0.05, 0.1) is 17.4 Å². The summed E-state index contributed by atoms with van der Waals surface area (Å²) < 4.78 is 2.03. The molecule has 2 aromatic rings. The summed E-state index contributed by atoms with van der Waals surface area (Å²) in [6, 6.07) is 8.28. The molecule has 0 saturated carbocycles. The second kappa shape index (κ2) is 4.15. The third-order valence-electron chi connectivity index (χ3n) is 3.31. The van der Waals surface area contributed by atoms with Crippen LogP contribution in [-0.2, 0) is 12.8 Å². The van der Waals surface area contributed by atoms with Crippen molar-refractivity contribution in [3.63, 3.8) is 0 Å². The number of hydrogen-bond acceptors (Lipinski definition) is 2. The van der Waals surface area contributed by atoms with Gasteiger partial charge >= 0.3 is 0 Å². The van der Waals surface area contributed by atoms with Crippen LogP contribution in [0, 0.1) is 6.92 Å². The third-order valence-corrected chi connectivity index (χ3v) is 3.56. The Labute approximate surface area is 105 Å². The maximum Gasteiger partial charge on any atom is 0.0859 e. The van der Waals surface area contributed by atoms with Crippen molar-refractivity contribution in [3.8, 4) is 0 Å². The molecule has 1 radical (unpaired) electrons. The zero-order valence-electron chi connectivity index (χ0n) is 9.43. The van der Waals surface area contributed by atoms with E-state index in [9.17, 15) is 0 Å². The van der Waals surface area contributed by atoms with Gasteiger partial charge in [-0.2, -0.15) is 0 Å². The molecule has 0 bridgehead atoms. The van der Waals surface area contributed by atoms with E-state index in [0.29, 0.717) is 12.5 Å². The van der Waals surface area contributed by atoms with Crippen molar-refractivity contribution >= 4 is 11.6 Å². The fourth-order valence-corrected chi connectivity index (χ4v) is 2.56. The first kappa shape index (κ1) is 10.8. The molecule has 4 heteroatoms. The number of hydrogen-bond donors (Lipinski definition) is 0. The second-order valence-corrected chi connectivity index (χ2v) is 4.72. The fourth-order valence-electron chi connectivity index (χ4n) is 2.44. The van der Waals surface area contributed by atoms with Crippen molar-refractivity contribution in [2.45, 2.75) is 25.3 Å². The van der Waals surface area contributed by atoms with Gasteiger partial charge in [0.1, 0.15) is 0 Å². The summed E-state index contributed by atoms with van der Waals surface area (Å²) in [6.07, 6.45) is 2.83. The number of fused-ring (bicyclic) bond motifs is 1. The lowest BCUT2D eigenvalue weighted by atomic mass is 10.1. The average Bonchev–Trinajstić information content (AvgIpc) is 2.91. The molecule has 1 aromatic heterocycles. The van der Waals surface area contributed by atoms with Gasteiger partial charge in [-0.15, -0.1) is 5.10 Å². The van der Waals surface area contributed by atoms with E-state index in [1.807, 2.05) is 16.8 Å². The Morgan fingerprint density at radius 2 is 2.12 bits per heavy atom. The molecule has 1 aliphatic heterocycles. The van der Waals surface area contributed by atoms with Crippen LogP contribution in [0.15, 0.2) is 24.3 Å². The van der Waals surface area contributed by atoms with Gasteiger partial charge in [-0.1, -0.05) is 28.9 Å². The Bertz CT molecular complexity index is 530. The molecule has 1 unspecified atom stereocenters. The molecule has 0 aliphatic carbocycles. The molecule has 0 saturated heterocycles. The lowest BCUT2D eigenvalue weighted by molar-refractivity contribution is 0.534. The third kappa shape index (κ3) is 1.75. The summed E-state index contributed by atoms with van der Waals surface area (Å²) in [4.78, 5) is 0. The van der Waals surface area contributed by atoms with Gasteiger partial charge in [-0.25, -0.2) is 4.68 Å². The van der Waals surface area contributed by atoms with Crippen LogP contribution in [-0.4, -0.2) is 15.0 Å². The largest absolute Gasteiger partial charge is 0.242 e. The fraction of sp³-hybridized carbons (Fsp3) is 0.308. The highest BCUT2D eigenvalue weighted by atomic mass is 35.5. The van der Waals surface area contributed by atoms with E-state index in [2.05, 4.69) is 29.4 Å². The van der Waals surface area contributed by atoms with E-state index < -0.39 is 0 Å². The molecule has 0 fully saturated rings. The smallest absolute Gasteiger partial charge is 0.0859 e. The van der Waals surface area contributed by atoms with E-state index in [0.717, 1.165) is 23.6 Å². The number of rotatable bonds is 2. The summed E-state index contributed by atoms with van der Waals surface area (Å²) >= 11 is 5.90. The maximum absolute atomic E-state index is 5.90. The highest BCUT2D eigenvalue weighted by molar-refractivity contribution is 6.30. The zero-order chi connectivity index (χ0) is 11.8. The van der Waals surface area contributed by atoms with Crippen molar-refractivity contribution in [2.75, 3.05) is 0 Å². The van der Waals surface area contributed by atoms with Crippen molar-refractivity contribution < 1.29 is 0 Å². The minimum Gasteiger partial charge on any atom is -0.242 e. The summed E-state index contributed by atoms with van der Waals surface area (Å²) in [6.45, 7) is 3.88. The molecule has 3 rings (SSSR count). The standard InChI is InChI=1S/C13H13ClN3/c1-2-11-13-8-7-12(17(13)16-15-11)9-3-5-10(14)6-4-9/h3-6,12H,1-2,7-8H2. The summed E-state index contributed by atoms with van der Waals surface area (Å²) in [5.41, 5.74) is 3.51. The monoisotopic (exact) mass is 246 g/mol. The molecule has 1 atom stereocenters. The minimum absolute atomic E-state index is 0.301. The number of nitrogens with zero attached hydrogens (tertiary/aromatic N) is 3. The topological polar surface area (TPSA) is 30.7 Å². The van der Waals surface area contributed by atoms with Crippen molar-refractivity contribution in [2.24, 2.45) is 0 Å². The van der Waals surface area contributed by atoms with Crippen LogP contribution in [0.25, 0.3) is 0 Å². The summed E-state index contributed by atoms with van der Waals surface area (Å²) in [7, 11) is 0. The molecule has 0 spiro atoms. The van der Waals surface area contributed by atoms with Crippen LogP contribution in [0.2, 0.25) is 5.02 Å². The van der Waals surface area contributed by atoms with E-state index in [-0.39, 0.29) is 0 Å². The van der Waals surface area contributed by atoms with Gasteiger partial charge in [0.25, 0.3) is 0 Å². The van der Waals surface area contributed by atoms with Gasteiger partial charge < -0.3 is 0 Å². The normalized spacial score (nSPS) is 18.4. The average molecular weight is 247 g/mol. The predicted octanol–water partition coefficient (Wildman–Crippen LogP) is 2.84. The Kier molecular flexibility index (Phi) is 2.63. The Balaban J connectivity index is 1.98. The maximum atomic E-state index is 5.90. The summed E-state index contributed by atoms with van der Waals surface area (Å²) in [5, 5.41) is 9.18. The lowest BCUT2D eigenvalue weighted by Crippen LogP contribution is -2.07. The van der Waals surface area contributed by atoms with Gasteiger partial charge in [0.15, 0.2) is 0 Å². The molecular formula is C13H13ClN3. The quantitative estimate of drug-likeness (QED) is 0.816. The zero-order valence-corrected chi connectivity index (χ0v) is 10.2. The molecule has 0 amide bonds. The van der Waals surface area contributed by atoms with Crippen LogP contribution in [0.1, 0.15) is 29.4 Å². The van der Waals surface area contributed by atoms with Gasteiger partial charge in [0, 0.05) is 5.02 Å². The predicted molar refractivity (Wildman–Crippen MR) is 67.0 cm³/mol. The highest BCUT2D eigenvalue weighted by Crippen LogP contribution is 2.32. The highest BCUT2D eigenvalue weighted by Gasteiger charge is 2.27. The number of benzene rings is 1. The minimum atomic E-state index is 0.301. The SMILES string of the molecule is [CH2]Cc1nnn2c1CCC2c1ccc(Cl)cc1. The van der Waals surface area contributed by atoms with Crippen molar-refractivity contribution in [1.82, 2.24) is 15.0 Å². The Morgan fingerprint density at radius 1 is 1.35 bits per heavy atom. The second-order valence-electron chi connectivity index (χ2n) is 4.28. The number of halogens is 1. The van der Waals surface area contributed by atoms with Crippen molar-refractivity contribution in [3.05, 3.63) is 53.2 Å². The molecule has 87 valence electrons. The summed E-state index contributed by atoms with van der Waals surface area (Å²) in [5.74, 6) is 0. The van der Waals surface area contributed by atoms with E-state index in [1.165, 1.54) is 11.3 Å². The van der Waals surface area contributed by atoms with Crippen molar-refractivity contribution in [1.29, 1.82) is 0 Å². The van der Waals surface area contributed by atoms with Crippen LogP contribution < -0.4 is 0 Å². The van der Waals surface area contributed by atoms with E-state index >= 15 is 0 Å². The van der Waals surface area contributed by atoms with Crippen LogP contribution in [0.4, 0.5) is 0 Å². The molecular weight excluding hydrogens is 234 g/mol. The van der Waals surface area contributed by atoms with Gasteiger partial charge in [-0.3, -0.25) is 0 Å². The molecule has 2 heterocycles.